The molecule has 3 aliphatic rings. The van der Waals surface area contributed by atoms with E-state index in [1.165, 1.54) is 13.2 Å². The number of pyridine rings is 1. The number of amides is 6. The van der Waals surface area contributed by atoms with Crippen LogP contribution < -0.4 is 41.2 Å². The Bertz CT molecular complexity index is 2550. The van der Waals surface area contributed by atoms with Gasteiger partial charge in [0.1, 0.15) is 23.9 Å². The summed E-state index contributed by atoms with van der Waals surface area (Å²) < 4.78 is 31.8. The first kappa shape index (κ1) is 45.9. The number of aromatic nitrogens is 1. The third-order valence-electron chi connectivity index (χ3n) is 12.1. The largest absolute Gasteiger partial charge is 0.496 e. The Labute approximate surface area is 375 Å². The number of methoxy groups -OCH3 is 1. The number of halogens is 1. The van der Waals surface area contributed by atoms with Crippen molar-refractivity contribution in [1.29, 1.82) is 0 Å². The summed E-state index contributed by atoms with van der Waals surface area (Å²) in [6.45, 7) is 4.40. The number of alkyl halides is 1. The summed E-state index contributed by atoms with van der Waals surface area (Å²) in [6, 6.07) is 13.9. The van der Waals surface area contributed by atoms with Crippen LogP contribution in [0.2, 0.25) is 0 Å². The number of imide groups is 1. The Hall–Kier alpha value is -7.06. The minimum atomic E-state index is -1.59. The first-order valence-electron chi connectivity index (χ1n) is 21.7. The van der Waals surface area contributed by atoms with Crippen molar-refractivity contribution in [2.75, 3.05) is 40.4 Å². The molecule has 4 aromatic rings. The van der Waals surface area contributed by atoms with E-state index in [0.29, 0.717) is 41.0 Å². The molecule has 0 radical (unpaired) electrons. The maximum absolute atomic E-state index is 14.4. The number of hydrogen-bond donors (Lipinski definition) is 5. The summed E-state index contributed by atoms with van der Waals surface area (Å²) in [6.07, 6.45) is 5.18. The quantitative estimate of drug-likeness (QED) is 0.0445. The highest BCUT2D eigenvalue weighted by Gasteiger charge is 2.42. The summed E-state index contributed by atoms with van der Waals surface area (Å²) in [5.74, 6) is 4.21. The van der Waals surface area contributed by atoms with E-state index in [2.05, 4.69) is 44.7 Å². The molecule has 17 heteroatoms. The molecule has 0 spiro atoms. The van der Waals surface area contributed by atoms with Gasteiger partial charge in [0.15, 0.2) is 6.17 Å². The zero-order valence-corrected chi connectivity index (χ0v) is 36.5. The van der Waals surface area contributed by atoms with Gasteiger partial charge in [-0.1, -0.05) is 37.0 Å². The van der Waals surface area contributed by atoms with Crippen LogP contribution in [-0.4, -0.2) is 97.9 Å². The maximum Gasteiger partial charge on any atom is 0.315 e. The molecule has 1 saturated carbocycles. The Balaban J connectivity index is 0.838. The standard InChI is InChI=1S/C48H52FN7O9/c1-4-32-37(54-45(60)41(32)49)26-64-47-35-22-39(63-3)36(43(50)58)21-34(35)30(24-52-47)16-13-27-9-11-29(12-10-27)25-56(2)20-6-19-51-48(62)53-23-28-14-17-31(18-15-28)65-38-8-5-7-33-40(38)44(59)55-46(61)42(33)57/h5,7-8,14-15,17-18,21-22,24,27,29,32,37,41H,4,6,9-12,19-20,23,25-26H2,1-3H3,(H2,50,58)(H,54,60)(H2,51,53,62)(H,55,59,61)/t27-,29-,32-,37+,41-/m0/s1. The van der Waals surface area contributed by atoms with Crippen LogP contribution in [0.3, 0.4) is 0 Å². The summed E-state index contributed by atoms with van der Waals surface area (Å²) in [7, 11) is 3.53. The molecule has 0 bridgehead atoms. The zero-order valence-electron chi connectivity index (χ0n) is 36.5. The molecule has 1 aromatic heterocycles. The minimum absolute atomic E-state index is 0.00365. The average molecular weight is 890 g/mol. The summed E-state index contributed by atoms with van der Waals surface area (Å²) in [4.78, 5) is 80.0. The number of nitrogens with one attached hydrogen (secondary N) is 4. The highest BCUT2D eigenvalue weighted by Crippen LogP contribution is 2.35. The van der Waals surface area contributed by atoms with Crippen molar-refractivity contribution in [1.82, 2.24) is 31.2 Å². The molecule has 2 fully saturated rings. The van der Waals surface area contributed by atoms with Crippen LogP contribution in [0.15, 0.2) is 60.8 Å². The molecule has 1 saturated heterocycles. The zero-order chi connectivity index (χ0) is 46.2. The normalized spacial score (nSPS) is 20.3. The second-order valence-corrected chi connectivity index (χ2v) is 16.6. The molecule has 3 heterocycles. The van der Waals surface area contributed by atoms with Crippen molar-refractivity contribution in [3.8, 4) is 35.0 Å². The Morgan fingerprint density at radius 2 is 1.75 bits per heavy atom. The minimum Gasteiger partial charge on any atom is -0.496 e. The lowest BCUT2D eigenvalue weighted by Crippen LogP contribution is -2.42. The lowest BCUT2D eigenvalue weighted by Gasteiger charge is -2.29. The number of ether oxygens (including phenoxy) is 3. The summed E-state index contributed by atoms with van der Waals surface area (Å²) >= 11 is 0. The van der Waals surface area contributed by atoms with Gasteiger partial charge in [0.25, 0.3) is 29.4 Å². The molecule has 6 amide bonds. The number of Topliss-reactive ketones (excluding diaryl/α,β-unsaturated/α-hetero) is 1. The number of nitrogens with two attached hydrogens (primary N) is 1. The number of primary amides is 1. The first-order valence-corrected chi connectivity index (χ1v) is 21.7. The van der Waals surface area contributed by atoms with Crippen molar-refractivity contribution in [2.24, 2.45) is 23.5 Å². The number of hydrogen-bond acceptors (Lipinski definition) is 11. The molecular formula is C48H52FN7O9. The van der Waals surface area contributed by atoms with E-state index in [4.69, 9.17) is 19.9 Å². The molecule has 1 aliphatic carbocycles. The molecule has 7 rings (SSSR count). The van der Waals surface area contributed by atoms with E-state index in [1.54, 1.807) is 54.7 Å². The molecule has 0 unspecified atom stereocenters. The van der Waals surface area contributed by atoms with Gasteiger partial charge in [-0.3, -0.25) is 29.3 Å². The maximum atomic E-state index is 14.4. The molecule has 3 atom stereocenters. The third-order valence-corrected chi connectivity index (χ3v) is 12.1. The van der Waals surface area contributed by atoms with Crippen LogP contribution in [0.4, 0.5) is 9.18 Å². The summed E-state index contributed by atoms with van der Waals surface area (Å²) in [5, 5.41) is 11.6. The van der Waals surface area contributed by atoms with E-state index >= 15 is 0 Å². The van der Waals surface area contributed by atoms with Gasteiger partial charge >= 0.3 is 6.03 Å². The van der Waals surface area contributed by atoms with Crippen LogP contribution in [0.25, 0.3) is 10.8 Å². The van der Waals surface area contributed by atoms with E-state index in [9.17, 15) is 33.2 Å². The lowest BCUT2D eigenvalue weighted by molar-refractivity contribution is -0.124. The third kappa shape index (κ3) is 10.8. The number of carbonyl (C=O) groups is 6. The van der Waals surface area contributed by atoms with Gasteiger partial charge in [-0.2, -0.15) is 0 Å². The van der Waals surface area contributed by atoms with Gasteiger partial charge < -0.3 is 40.8 Å². The molecule has 340 valence electrons. The molecule has 65 heavy (non-hydrogen) atoms. The predicted octanol–water partition coefficient (Wildman–Crippen LogP) is 4.81. The van der Waals surface area contributed by atoms with E-state index in [1.807, 2.05) is 12.2 Å². The molecule has 16 nitrogen and oxygen atoms in total. The second-order valence-electron chi connectivity index (χ2n) is 16.6. The number of carbonyl (C=O) groups excluding carboxylic acids is 6. The fourth-order valence-corrected chi connectivity index (χ4v) is 8.59. The van der Waals surface area contributed by atoms with Crippen LogP contribution in [0, 0.1) is 29.6 Å². The number of benzene rings is 3. The van der Waals surface area contributed by atoms with Crippen molar-refractivity contribution >= 4 is 46.2 Å². The van der Waals surface area contributed by atoms with Gasteiger partial charge in [0.05, 0.1) is 29.8 Å². The van der Waals surface area contributed by atoms with Crippen molar-refractivity contribution in [3.05, 3.63) is 88.6 Å². The van der Waals surface area contributed by atoms with E-state index < -0.39 is 47.5 Å². The Kier molecular flexibility index (Phi) is 14.6. The monoisotopic (exact) mass is 889 g/mol. The average Bonchev–Trinajstić information content (AvgIpc) is 3.58. The SMILES string of the molecule is CC[C@@H]1[C@H](F)C(=O)N[C@@H]1COc1ncc(C#C[C@H]2CC[C@H](CN(C)CCCNC(=O)NCc3ccc(Oc4cccc5c4C(=O)NC(=O)C5=O)cc3)CC2)c2cc(C(N)=O)c(OC)cc12. The number of fused-ring (bicyclic) bond motifs is 2. The number of ketones is 1. The van der Waals surface area contributed by atoms with Crippen molar-refractivity contribution in [2.45, 2.75) is 64.2 Å². The van der Waals surface area contributed by atoms with E-state index in [-0.39, 0.29) is 59.2 Å². The van der Waals surface area contributed by atoms with Gasteiger partial charge in [0.2, 0.25) is 5.88 Å². The highest BCUT2D eigenvalue weighted by molar-refractivity contribution is 6.49. The van der Waals surface area contributed by atoms with Crippen molar-refractivity contribution in [3.63, 3.8) is 0 Å². The number of rotatable bonds is 16. The Morgan fingerprint density at radius 3 is 2.48 bits per heavy atom. The number of nitrogens with zero attached hydrogens (tertiary/aromatic N) is 2. The molecule has 3 aromatic carbocycles. The van der Waals surface area contributed by atoms with Crippen molar-refractivity contribution < 1.29 is 47.4 Å². The molecular weight excluding hydrogens is 838 g/mol. The first-order chi connectivity index (χ1) is 31.3. The van der Waals surface area contributed by atoms with Crippen LogP contribution >= 0.6 is 0 Å². The van der Waals surface area contributed by atoms with Gasteiger partial charge in [-0.15, -0.1) is 0 Å². The molecule has 2 aliphatic heterocycles. The smallest absolute Gasteiger partial charge is 0.315 e. The summed E-state index contributed by atoms with van der Waals surface area (Å²) in [5.41, 5.74) is 7.31. The van der Waals surface area contributed by atoms with Crippen LogP contribution in [-0.2, 0) is 16.1 Å². The van der Waals surface area contributed by atoms with Crippen LogP contribution in [0.5, 0.6) is 23.1 Å². The fraction of sp³-hybridized carbons (Fsp3) is 0.396. The van der Waals surface area contributed by atoms with Gasteiger partial charge in [-0.25, -0.2) is 14.2 Å². The second kappa shape index (κ2) is 20.6. The topological polar surface area (TPSA) is 220 Å². The highest BCUT2D eigenvalue weighted by atomic mass is 19.1. The molecule has 6 N–H and O–H groups in total. The predicted molar refractivity (Wildman–Crippen MR) is 237 cm³/mol. The van der Waals surface area contributed by atoms with Gasteiger partial charge in [-0.05, 0) is 100.0 Å². The van der Waals surface area contributed by atoms with Gasteiger partial charge in [0, 0.05) is 54.0 Å². The Morgan fingerprint density at radius 1 is 0.985 bits per heavy atom. The fourth-order valence-electron chi connectivity index (χ4n) is 8.59. The van der Waals surface area contributed by atoms with Crippen LogP contribution in [0.1, 0.15) is 87.6 Å². The van der Waals surface area contributed by atoms with E-state index in [0.717, 1.165) is 50.8 Å². The number of urea groups is 1. The lowest BCUT2D eigenvalue weighted by atomic mass is 9.82.